The van der Waals surface area contributed by atoms with Crippen LogP contribution in [0, 0.1) is 11.7 Å². The molecule has 5 nitrogen and oxygen atoms in total. The van der Waals surface area contributed by atoms with Crippen LogP contribution in [0.2, 0.25) is 0 Å². The van der Waals surface area contributed by atoms with Crippen molar-refractivity contribution in [3.05, 3.63) is 24.0 Å². The number of thioether (sulfide) groups is 1. The van der Waals surface area contributed by atoms with Crippen molar-refractivity contribution in [1.82, 2.24) is 5.32 Å². The molecule has 1 aromatic rings. The summed E-state index contributed by atoms with van der Waals surface area (Å²) in [7, 11) is 1.23. The molecule has 0 spiro atoms. The Labute approximate surface area is 134 Å². The Kier molecular flexibility index (Phi) is 7.17. The third kappa shape index (κ3) is 5.55. The van der Waals surface area contributed by atoms with Crippen LogP contribution < -0.4 is 10.6 Å². The van der Waals surface area contributed by atoms with Gasteiger partial charge in [-0.3, -0.25) is 4.79 Å². The van der Waals surface area contributed by atoms with E-state index in [1.54, 1.807) is 18.4 Å². The molecule has 0 heterocycles. The van der Waals surface area contributed by atoms with Crippen LogP contribution in [-0.2, 0) is 9.53 Å². The first-order chi connectivity index (χ1) is 10.4. The van der Waals surface area contributed by atoms with Crippen LogP contribution in [0.4, 0.5) is 14.9 Å². The van der Waals surface area contributed by atoms with Gasteiger partial charge in [0.1, 0.15) is 11.9 Å². The Balaban J connectivity index is 2.81. The molecule has 0 fully saturated rings. The predicted molar refractivity (Wildman–Crippen MR) is 85.6 cm³/mol. The predicted octanol–water partition coefficient (Wildman–Crippen LogP) is 3.26. The van der Waals surface area contributed by atoms with E-state index in [4.69, 9.17) is 0 Å². The van der Waals surface area contributed by atoms with E-state index >= 15 is 0 Å². The Morgan fingerprint density at radius 3 is 2.55 bits per heavy atom. The van der Waals surface area contributed by atoms with Gasteiger partial charge in [-0.1, -0.05) is 13.8 Å². The van der Waals surface area contributed by atoms with E-state index in [-0.39, 0.29) is 5.92 Å². The summed E-state index contributed by atoms with van der Waals surface area (Å²) >= 11 is 1.29. The van der Waals surface area contributed by atoms with Crippen molar-refractivity contribution in [2.24, 2.45) is 5.92 Å². The van der Waals surface area contributed by atoms with Crippen molar-refractivity contribution >= 4 is 29.4 Å². The highest BCUT2D eigenvalue weighted by Crippen LogP contribution is 2.22. The highest BCUT2D eigenvalue weighted by atomic mass is 32.2. The number of amides is 2. The van der Waals surface area contributed by atoms with Crippen LogP contribution in [0.5, 0.6) is 0 Å². The van der Waals surface area contributed by atoms with Crippen molar-refractivity contribution < 1.29 is 18.7 Å². The monoisotopic (exact) mass is 328 g/mol. The number of halogens is 1. The standard InChI is InChI=1S/C15H21FN2O3S/c1-9(2)7-12(18-15(20)21-3)14(19)17-10-5-6-13(22-4)11(16)8-10/h5-6,8-9,12H,7H2,1-4H3,(H,17,19)(H,18,20)/t12-/m1/s1. The lowest BCUT2D eigenvalue weighted by atomic mass is 10.0. The lowest BCUT2D eigenvalue weighted by Crippen LogP contribution is -2.44. The largest absolute Gasteiger partial charge is 0.453 e. The van der Waals surface area contributed by atoms with Gasteiger partial charge in [-0.05, 0) is 36.8 Å². The summed E-state index contributed by atoms with van der Waals surface area (Å²) in [5.74, 6) is -0.606. The molecule has 0 aliphatic carbocycles. The molecule has 0 aliphatic rings. The van der Waals surface area contributed by atoms with E-state index in [1.807, 2.05) is 13.8 Å². The minimum atomic E-state index is -0.740. The van der Waals surface area contributed by atoms with E-state index in [1.165, 1.54) is 24.9 Å². The summed E-state index contributed by atoms with van der Waals surface area (Å²) in [5, 5.41) is 5.09. The number of methoxy groups -OCH3 is 1. The Morgan fingerprint density at radius 2 is 2.05 bits per heavy atom. The van der Waals surface area contributed by atoms with Crippen LogP contribution in [-0.4, -0.2) is 31.4 Å². The zero-order chi connectivity index (χ0) is 16.7. The summed E-state index contributed by atoms with van der Waals surface area (Å²) in [5.41, 5.74) is 0.348. The molecule has 1 rings (SSSR count). The van der Waals surface area contributed by atoms with Gasteiger partial charge in [0.2, 0.25) is 5.91 Å². The molecule has 2 amide bonds. The number of nitrogens with one attached hydrogen (secondary N) is 2. The van der Waals surface area contributed by atoms with Crippen LogP contribution in [0.3, 0.4) is 0 Å². The van der Waals surface area contributed by atoms with Gasteiger partial charge in [0, 0.05) is 10.6 Å². The zero-order valence-corrected chi connectivity index (χ0v) is 13.9. The van der Waals surface area contributed by atoms with Crippen LogP contribution in [0.1, 0.15) is 20.3 Å². The second-order valence-corrected chi connectivity index (χ2v) is 6.00. The summed E-state index contributed by atoms with van der Waals surface area (Å²) in [6.45, 7) is 3.87. The van der Waals surface area contributed by atoms with Crippen molar-refractivity contribution in [3.8, 4) is 0 Å². The minimum Gasteiger partial charge on any atom is -0.453 e. The van der Waals surface area contributed by atoms with Crippen LogP contribution in [0.25, 0.3) is 0 Å². The number of ether oxygens (including phenoxy) is 1. The number of alkyl carbamates (subject to hydrolysis) is 1. The molecule has 0 saturated carbocycles. The highest BCUT2D eigenvalue weighted by molar-refractivity contribution is 7.98. The first-order valence-electron chi connectivity index (χ1n) is 6.86. The maximum atomic E-state index is 13.7. The SMILES string of the molecule is COC(=O)N[C@H](CC(C)C)C(=O)Nc1ccc(SC)c(F)c1. The maximum Gasteiger partial charge on any atom is 0.407 e. The average Bonchev–Trinajstić information content (AvgIpc) is 2.46. The molecule has 0 radical (unpaired) electrons. The molecule has 0 aliphatic heterocycles. The first-order valence-corrected chi connectivity index (χ1v) is 8.08. The fourth-order valence-electron chi connectivity index (χ4n) is 1.88. The second-order valence-electron chi connectivity index (χ2n) is 5.16. The van der Waals surface area contributed by atoms with Gasteiger partial charge in [0.25, 0.3) is 0 Å². The lowest BCUT2D eigenvalue weighted by Gasteiger charge is -2.19. The van der Waals surface area contributed by atoms with E-state index < -0.39 is 23.9 Å². The van der Waals surface area contributed by atoms with Gasteiger partial charge >= 0.3 is 6.09 Å². The smallest absolute Gasteiger partial charge is 0.407 e. The Hall–Kier alpha value is -1.76. The van der Waals surface area contributed by atoms with Crippen LogP contribution >= 0.6 is 11.8 Å². The fraction of sp³-hybridized carbons (Fsp3) is 0.467. The molecule has 122 valence electrons. The van der Waals surface area contributed by atoms with Gasteiger partial charge in [-0.25, -0.2) is 9.18 Å². The summed E-state index contributed by atoms with van der Waals surface area (Å²) < 4.78 is 18.2. The molecule has 0 aromatic heterocycles. The molecule has 22 heavy (non-hydrogen) atoms. The van der Waals surface area contributed by atoms with E-state index in [0.29, 0.717) is 17.0 Å². The highest BCUT2D eigenvalue weighted by Gasteiger charge is 2.22. The van der Waals surface area contributed by atoms with Crippen molar-refractivity contribution in [2.75, 3.05) is 18.7 Å². The minimum absolute atomic E-state index is 0.198. The van der Waals surface area contributed by atoms with Crippen molar-refractivity contribution in [2.45, 2.75) is 31.2 Å². The molecule has 1 aromatic carbocycles. The quantitative estimate of drug-likeness (QED) is 0.787. The molecular weight excluding hydrogens is 307 g/mol. The molecule has 0 saturated heterocycles. The van der Waals surface area contributed by atoms with Gasteiger partial charge in [-0.2, -0.15) is 0 Å². The lowest BCUT2D eigenvalue weighted by molar-refractivity contribution is -0.118. The Bertz CT molecular complexity index is 538. The number of hydrogen-bond donors (Lipinski definition) is 2. The molecule has 0 bridgehead atoms. The van der Waals surface area contributed by atoms with Gasteiger partial charge < -0.3 is 15.4 Å². The summed E-state index contributed by atoms with van der Waals surface area (Å²) in [6.07, 6.45) is 1.55. The number of rotatable bonds is 6. The van der Waals surface area contributed by atoms with Crippen molar-refractivity contribution in [1.29, 1.82) is 0 Å². The molecule has 7 heteroatoms. The van der Waals surface area contributed by atoms with E-state index in [9.17, 15) is 14.0 Å². The number of anilines is 1. The summed E-state index contributed by atoms with van der Waals surface area (Å²) in [6, 6.07) is 3.74. The van der Waals surface area contributed by atoms with Gasteiger partial charge in [0.05, 0.1) is 7.11 Å². The number of carbonyl (C=O) groups is 2. The van der Waals surface area contributed by atoms with Gasteiger partial charge in [-0.15, -0.1) is 11.8 Å². The van der Waals surface area contributed by atoms with Crippen molar-refractivity contribution in [3.63, 3.8) is 0 Å². The Morgan fingerprint density at radius 1 is 1.36 bits per heavy atom. The number of hydrogen-bond acceptors (Lipinski definition) is 4. The van der Waals surface area contributed by atoms with Gasteiger partial charge in [0.15, 0.2) is 0 Å². The fourth-order valence-corrected chi connectivity index (χ4v) is 2.34. The van der Waals surface area contributed by atoms with E-state index in [2.05, 4.69) is 15.4 Å². The third-order valence-corrected chi connectivity index (χ3v) is 3.69. The molecule has 0 unspecified atom stereocenters. The first kappa shape index (κ1) is 18.3. The van der Waals surface area contributed by atoms with Crippen LogP contribution in [0.15, 0.2) is 23.1 Å². The summed E-state index contributed by atoms with van der Waals surface area (Å²) in [4.78, 5) is 24.1. The number of carbonyl (C=O) groups excluding carboxylic acids is 2. The molecule has 2 N–H and O–H groups in total. The van der Waals surface area contributed by atoms with E-state index in [0.717, 1.165) is 0 Å². The average molecular weight is 328 g/mol. The maximum absolute atomic E-state index is 13.7. The molecular formula is C15H21FN2O3S. The topological polar surface area (TPSA) is 67.4 Å². The normalized spacial score (nSPS) is 11.9. The molecule has 1 atom stereocenters. The zero-order valence-electron chi connectivity index (χ0n) is 13.1. The number of benzene rings is 1. The third-order valence-electron chi connectivity index (χ3n) is 2.92. The second kappa shape index (κ2) is 8.63.